The molecule has 0 saturated heterocycles. The van der Waals surface area contributed by atoms with Crippen LogP contribution in [0.15, 0.2) is 59.6 Å². The summed E-state index contributed by atoms with van der Waals surface area (Å²) in [5.74, 6) is 2.46. The number of nitrogens with zero attached hydrogens (tertiary/aromatic N) is 1. The summed E-state index contributed by atoms with van der Waals surface area (Å²) in [7, 11) is 1.77. The van der Waals surface area contributed by atoms with Gasteiger partial charge in [-0.1, -0.05) is 36.4 Å². The Balaban J connectivity index is 0.00000264. The van der Waals surface area contributed by atoms with Crippen molar-refractivity contribution in [3.8, 4) is 11.5 Å². The highest BCUT2D eigenvalue weighted by molar-refractivity contribution is 14.0. The molecular formula is C18H24IN3O. The number of para-hydroxylation sites is 2. The van der Waals surface area contributed by atoms with Crippen LogP contribution in [-0.4, -0.2) is 19.0 Å². The van der Waals surface area contributed by atoms with Gasteiger partial charge in [0.1, 0.15) is 11.5 Å². The molecule has 2 aromatic rings. The standard InChI is InChI=1S/C18H23N3O.HI/c1-14(2)21-18(19-3)20-13-15-9-7-8-12-17(15)22-16-10-5-4-6-11-16;/h4-12,14H,13H2,1-3H3,(H2,19,20,21);1H. The van der Waals surface area contributed by atoms with Crippen LogP contribution in [0.2, 0.25) is 0 Å². The molecule has 0 bridgehead atoms. The zero-order valence-electron chi connectivity index (χ0n) is 13.7. The third kappa shape index (κ3) is 6.48. The first-order valence-corrected chi connectivity index (χ1v) is 7.47. The molecule has 0 heterocycles. The molecule has 0 saturated carbocycles. The topological polar surface area (TPSA) is 45.7 Å². The molecule has 0 unspecified atom stereocenters. The minimum Gasteiger partial charge on any atom is -0.457 e. The lowest BCUT2D eigenvalue weighted by Gasteiger charge is -2.16. The number of hydrogen-bond donors (Lipinski definition) is 2. The number of rotatable bonds is 5. The first kappa shape index (κ1) is 19.3. The summed E-state index contributed by atoms with van der Waals surface area (Å²) in [5.41, 5.74) is 1.08. The van der Waals surface area contributed by atoms with E-state index in [0.717, 1.165) is 23.0 Å². The molecule has 0 fully saturated rings. The lowest BCUT2D eigenvalue weighted by atomic mass is 10.2. The molecule has 2 N–H and O–H groups in total. The van der Waals surface area contributed by atoms with Gasteiger partial charge >= 0.3 is 0 Å². The van der Waals surface area contributed by atoms with Crippen molar-refractivity contribution in [3.63, 3.8) is 0 Å². The van der Waals surface area contributed by atoms with Crippen LogP contribution >= 0.6 is 24.0 Å². The summed E-state index contributed by atoms with van der Waals surface area (Å²) < 4.78 is 5.96. The minimum absolute atomic E-state index is 0. The zero-order valence-corrected chi connectivity index (χ0v) is 16.1. The molecule has 0 radical (unpaired) electrons. The second-order valence-corrected chi connectivity index (χ2v) is 5.25. The van der Waals surface area contributed by atoms with Gasteiger partial charge in [-0.25, -0.2) is 0 Å². The van der Waals surface area contributed by atoms with E-state index in [1.54, 1.807) is 7.05 Å². The summed E-state index contributed by atoms with van der Waals surface area (Å²) in [6, 6.07) is 18.1. The maximum Gasteiger partial charge on any atom is 0.191 e. The van der Waals surface area contributed by atoms with Crippen molar-refractivity contribution in [2.24, 2.45) is 4.99 Å². The Morgan fingerprint density at radius 3 is 2.35 bits per heavy atom. The van der Waals surface area contributed by atoms with Crippen LogP contribution in [0, 0.1) is 0 Å². The van der Waals surface area contributed by atoms with Gasteiger partial charge in [0.2, 0.25) is 0 Å². The summed E-state index contributed by atoms with van der Waals surface area (Å²) in [6.45, 7) is 4.81. The van der Waals surface area contributed by atoms with Crippen LogP contribution in [0.25, 0.3) is 0 Å². The molecule has 4 nitrogen and oxygen atoms in total. The molecule has 0 aliphatic heterocycles. The van der Waals surface area contributed by atoms with Crippen LogP contribution in [0.4, 0.5) is 0 Å². The van der Waals surface area contributed by atoms with E-state index in [1.807, 2.05) is 54.6 Å². The molecule has 0 aliphatic rings. The molecule has 0 atom stereocenters. The van der Waals surface area contributed by atoms with Crippen LogP contribution in [0.3, 0.4) is 0 Å². The van der Waals surface area contributed by atoms with Crippen molar-refractivity contribution in [2.45, 2.75) is 26.4 Å². The van der Waals surface area contributed by atoms with Crippen molar-refractivity contribution in [1.29, 1.82) is 0 Å². The predicted molar refractivity (Wildman–Crippen MR) is 107 cm³/mol. The van der Waals surface area contributed by atoms with Gasteiger partial charge in [0.25, 0.3) is 0 Å². The van der Waals surface area contributed by atoms with Crippen molar-refractivity contribution in [2.75, 3.05) is 7.05 Å². The number of halogens is 1. The average Bonchev–Trinajstić information content (AvgIpc) is 2.53. The Morgan fingerprint density at radius 1 is 1.04 bits per heavy atom. The summed E-state index contributed by atoms with van der Waals surface area (Å²) >= 11 is 0. The number of aliphatic imine (C=N–C) groups is 1. The van der Waals surface area contributed by atoms with Crippen molar-refractivity contribution >= 4 is 29.9 Å². The predicted octanol–water partition coefficient (Wildman–Crippen LogP) is 4.17. The van der Waals surface area contributed by atoms with Gasteiger partial charge in [-0.05, 0) is 32.0 Å². The number of hydrogen-bond acceptors (Lipinski definition) is 2. The van der Waals surface area contributed by atoms with E-state index >= 15 is 0 Å². The van der Waals surface area contributed by atoms with Gasteiger partial charge in [-0.2, -0.15) is 0 Å². The maximum atomic E-state index is 5.96. The molecule has 23 heavy (non-hydrogen) atoms. The lowest BCUT2D eigenvalue weighted by Crippen LogP contribution is -2.40. The number of guanidine groups is 1. The monoisotopic (exact) mass is 425 g/mol. The Bertz CT molecular complexity index is 615. The maximum absolute atomic E-state index is 5.96. The zero-order chi connectivity index (χ0) is 15.8. The van der Waals surface area contributed by atoms with E-state index < -0.39 is 0 Å². The fourth-order valence-electron chi connectivity index (χ4n) is 2.01. The van der Waals surface area contributed by atoms with Crippen LogP contribution in [0.5, 0.6) is 11.5 Å². The number of benzene rings is 2. The highest BCUT2D eigenvalue weighted by Crippen LogP contribution is 2.24. The Hall–Kier alpha value is -1.76. The molecule has 0 amide bonds. The molecule has 124 valence electrons. The van der Waals surface area contributed by atoms with E-state index in [4.69, 9.17) is 4.74 Å². The van der Waals surface area contributed by atoms with Gasteiger partial charge in [0, 0.05) is 25.2 Å². The van der Waals surface area contributed by atoms with Gasteiger partial charge in [-0.15, -0.1) is 24.0 Å². The first-order valence-electron chi connectivity index (χ1n) is 7.47. The second kappa shape index (κ2) is 10.1. The Morgan fingerprint density at radius 2 is 1.70 bits per heavy atom. The molecule has 2 aromatic carbocycles. The summed E-state index contributed by atoms with van der Waals surface area (Å²) in [6.07, 6.45) is 0. The van der Waals surface area contributed by atoms with Gasteiger partial charge in [-0.3, -0.25) is 4.99 Å². The fraction of sp³-hybridized carbons (Fsp3) is 0.278. The second-order valence-electron chi connectivity index (χ2n) is 5.25. The molecular weight excluding hydrogens is 401 g/mol. The Kier molecular flexibility index (Phi) is 8.47. The van der Waals surface area contributed by atoms with Crippen molar-refractivity contribution in [3.05, 3.63) is 60.2 Å². The van der Waals surface area contributed by atoms with Crippen molar-refractivity contribution < 1.29 is 4.74 Å². The van der Waals surface area contributed by atoms with Crippen LogP contribution < -0.4 is 15.4 Å². The fourth-order valence-corrected chi connectivity index (χ4v) is 2.01. The largest absolute Gasteiger partial charge is 0.457 e. The van der Waals surface area contributed by atoms with Crippen molar-refractivity contribution in [1.82, 2.24) is 10.6 Å². The molecule has 0 aromatic heterocycles. The minimum atomic E-state index is 0. The van der Waals surface area contributed by atoms with Crippen LogP contribution in [0.1, 0.15) is 19.4 Å². The first-order chi connectivity index (χ1) is 10.7. The number of ether oxygens (including phenoxy) is 1. The highest BCUT2D eigenvalue weighted by atomic mass is 127. The van der Waals surface area contributed by atoms with E-state index in [9.17, 15) is 0 Å². The SMILES string of the molecule is CN=C(NCc1ccccc1Oc1ccccc1)NC(C)C.I. The van der Waals surface area contributed by atoms with Crippen LogP contribution in [-0.2, 0) is 6.54 Å². The smallest absolute Gasteiger partial charge is 0.191 e. The van der Waals surface area contributed by atoms with E-state index in [2.05, 4.69) is 29.5 Å². The quantitative estimate of drug-likeness (QED) is 0.430. The lowest BCUT2D eigenvalue weighted by molar-refractivity contribution is 0.475. The van der Waals surface area contributed by atoms with Gasteiger partial charge in [0.15, 0.2) is 5.96 Å². The van der Waals surface area contributed by atoms with Gasteiger partial charge < -0.3 is 15.4 Å². The number of nitrogens with one attached hydrogen (secondary N) is 2. The normalized spacial score (nSPS) is 10.9. The third-order valence-electron chi connectivity index (χ3n) is 3.04. The van der Waals surface area contributed by atoms with E-state index in [0.29, 0.717) is 12.6 Å². The highest BCUT2D eigenvalue weighted by Gasteiger charge is 2.06. The van der Waals surface area contributed by atoms with E-state index in [-0.39, 0.29) is 24.0 Å². The Labute approximate surface area is 155 Å². The molecule has 0 aliphatic carbocycles. The van der Waals surface area contributed by atoms with Gasteiger partial charge in [0.05, 0.1) is 0 Å². The molecule has 2 rings (SSSR count). The summed E-state index contributed by atoms with van der Waals surface area (Å²) in [5, 5.41) is 6.57. The average molecular weight is 425 g/mol. The molecule has 0 spiro atoms. The van der Waals surface area contributed by atoms with E-state index in [1.165, 1.54) is 0 Å². The third-order valence-corrected chi connectivity index (χ3v) is 3.04. The molecule has 5 heteroatoms. The summed E-state index contributed by atoms with van der Waals surface area (Å²) in [4.78, 5) is 4.21.